The summed E-state index contributed by atoms with van der Waals surface area (Å²) in [6.07, 6.45) is 10.6. The maximum absolute atomic E-state index is 12.5. The van der Waals surface area contributed by atoms with Crippen LogP contribution in [0.25, 0.3) is 22.3 Å². The fourth-order valence-electron chi connectivity index (χ4n) is 5.29. The first-order valence-electron chi connectivity index (χ1n) is 12.4. The van der Waals surface area contributed by atoms with Gasteiger partial charge in [0.25, 0.3) is 0 Å². The number of aromatic amines is 1. The number of fused-ring (bicyclic) bond motifs is 1. The predicted molar refractivity (Wildman–Crippen MR) is 135 cm³/mol. The normalized spacial score (nSPS) is 23.3. The van der Waals surface area contributed by atoms with E-state index in [0.717, 1.165) is 61.3 Å². The Bertz CT molecular complexity index is 1180. The second kappa shape index (κ2) is 9.41. The van der Waals surface area contributed by atoms with Crippen LogP contribution < -0.4 is 5.32 Å². The fraction of sp³-hybridized carbons (Fsp3) is 0.560. The molecule has 1 aliphatic carbocycles. The highest BCUT2D eigenvalue weighted by Gasteiger charge is 2.45. The number of urea groups is 1. The molecule has 0 radical (unpaired) electrons. The molecule has 3 unspecified atom stereocenters. The summed E-state index contributed by atoms with van der Waals surface area (Å²) in [6.45, 7) is 10.3. The summed E-state index contributed by atoms with van der Waals surface area (Å²) >= 11 is 0. The minimum absolute atomic E-state index is 0.0347. The number of carbonyl (C=O) groups excluding carboxylic acids is 1. The van der Waals surface area contributed by atoms with Gasteiger partial charge in [0.2, 0.25) is 0 Å². The maximum atomic E-state index is 12.5. The van der Waals surface area contributed by atoms with E-state index in [2.05, 4.69) is 61.9 Å². The number of hydrogen-bond donors (Lipinski definition) is 3. The van der Waals surface area contributed by atoms with Gasteiger partial charge in [0.05, 0.1) is 17.9 Å². The summed E-state index contributed by atoms with van der Waals surface area (Å²) in [4.78, 5) is 28.9. The quantitative estimate of drug-likeness (QED) is 0.471. The average Bonchev–Trinajstić information content (AvgIpc) is 3.50. The van der Waals surface area contributed by atoms with Crippen LogP contribution in [-0.2, 0) is 0 Å². The molecular weight excluding hydrogens is 442 g/mol. The summed E-state index contributed by atoms with van der Waals surface area (Å²) in [5.74, 6) is 0.333. The van der Waals surface area contributed by atoms with Crippen molar-refractivity contribution in [1.29, 1.82) is 5.41 Å². The largest absolute Gasteiger partial charge is 0.346 e. The summed E-state index contributed by atoms with van der Waals surface area (Å²) in [5.41, 5.74) is 2.75. The molecule has 1 aliphatic heterocycles. The molecule has 5 rings (SSSR count). The zero-order valence-corrected chi connectivity index (χ0v) is 20.7. The Labute approximate surface area is 205 Å². The molecule has 1 saturated heterocycles. The first-order valence-corrected chi connectivity index (χ1v) is 12.4. The molecule has 186 valence electrons. The third-order valence-corrected chi connectivity index (χ3v) is 7.27. The predicted octanol–water partition coefficient (Wildman–Crippen LogP) is 3.16. The molecule has 2 fully saturated rings. The van der Waals surface area contributed by atoms with Crippen molar-refractivity contribution in [1.82, 2.24) is 39.8 Å². The molecule has 3 aromatic heterocycles. The van der Waals surface area contributed by atoms with E-state index >= 15 is 0 Å². The molecule has 35 heavy (non-hydrogen) atoms. The lowest BCUT2D eigenvalue weighted by atomic mass is 9.71. The number of rotatable bonds is 6. The first kappa shape index (κ1) is 23.5. The number of nitrogens with one attached hydrogen (secondary N) is 3. The number of hydrogen-bond acceptors (Lipinski definition) is 6. The van der Waals surface area contributed by atoms with Crippen LogP contribution in [0.5, 0.6) is 0 Å². The second-order valence-corrected chi connectivity index (χ2v) is 10.9. The van der Waals surface area contributed by atoms with Gasteiger partial charge in [-0.15, -0.1) is 0 Å². The topological polar surface area (TPSA) is 119 Å². The van der Waals surface area contributed by atoms with Gasteiger partial charge in [0, 0.05) is 68.0 Å². The Morgan fingerprint density at radius 1 is 1.23 bits per heavy atom. The zero-order chi connectivity index (χ0) is 24.6. The molecule has 3 atom stereocenters. The summed E-state index contributed by atoms with van der Waals surface area (Å²) in [7, 11) is 0. The lowest BCUT2D eigenvalue weighted by molar-refractivity contribution is -0.0107. The monoisotopic (exact) mass is 477 g/mol. The van der Waals surface area contributed by atoms with Crippen LogP contribution in [0, 0.1) is 16.7 Å². The van der Waals surface area contributed by atoms with Crippen molar-refractivity contribution in [3.8, 4) is 11.3 Å². The molecule has 1 saturated carbocycles. The Hall–Kier alpha value is -3.27. The number of amides is 2. The van der Waals surface area contributed by atoms with Crippen molar-refractivity contribution < 1.29 is 4.79 Å². The van der Waals surface area contributed by atoms with Gasteiger partial charge in [-0.3, -0.25) is 9.58 Å². The number of aromatic nitrogens is 5. The van der Waals surface area contributed by atoms with Crippen molar-refractivity contribution in [2.75, 3.05) is 32.7 Å². The van der Waals surface area contributed by atoms with Gasteiger partial charge in [-0.2, -0.15) is 5.10 Å². The van der Waals surface area contributed by atoms with Gasteiger partial charge in [-0.05, 0) is 30.5 Å². The van der Waals surface area contributed by atoms with Crippen LogP contribution in [-0.4, -0.2) is 85.5 Å². The molecule has 0 spiro atoms. The summed E-state index contributed by atoms with van der Waals surface area (Å²) in [6, 6.07) is 2.69. The molecule has 3 aromatic rings. The molecular formula is C25H35N9O. The van der Waals surface area contributed by atoms with E-state index in [0.29, 0.717) is 18.5 Å². The molecule has 2 aliphatic rings. The third kappa shape index (κ3) is 4.80. The molecule has 2 amide bonds. The van der Waals surface area contributed by atoms with E-state index in [1.54, 1.807) is 6.33 Å². The summed E-state index contributed by atoms with van der Waals surface area (Å²) in [5, 5.41) is 16.5. The van der Waals surface area contributed by atoms with Gasteiger partial charge in [-0.25, -0.2) is 14.8 Å². The highest BCUT2D eigenvalue weighted by Crippen LogP contribution is 2.44. The second-order valence-electron chi connectivity index (χ2n) is 10.9. The number of nitrogens with zero attached hydrogens (tertiary/aromatic N) is 6. The van der Waals surface area contributed by atoms with E-state index in [4.69, 9.17) is 5.41 Å². The molecule has 3 N–H and O–H groups in total. The smallest absolute Gasteiger partial charge is 0.317 e. The van der Waals surface area contributed by atoms with E-state index in [1.807, 2.05) is 23.4 Å². The van der Waals surface area contributed by atoms with Crippen molar-refractivity contribution in [3.05, 3.63) is 31.0 Å². The molecule has 10 nitrogen and oxygen atoms in total. The van der Waals surface area contributed by atoms with Gasteiger partial charge < -0.3 is 20.6 Å². The van der Waals surface area contributed by atoms with Crippen LogP contribution >= 0.6 is 0 Å². The molecule has 0 bridgehead atoms. The van der Waals surface area contributed by atoms with Crippen LogP contribution in [0.2, 0.25) is 0 Å². The standard InChI is InChI=1S/C25H35N9O/c1-25(2,3)15-28-24(35)33-10-8-32(9-11-33)20-12-21(18(20)4-6-26)34-14-17(13-31-34)22-19-5-7-27-23(19)30-16-29-22/h5-7,13-14,16,18,20-21,26H,4,8-12,15H2,1-3H3,(H,28,35)(H,27,29,30). The van der Waals surface area contributed by atoms with E-state index in [-0.39, 0.29) is 17.5 Å². The Morgan fingerprint density at radius 2 is 2.03 bits per heavy atom. The first-order chi connectivity index (χ1) is 16.8. The Kier molecular flexibility index (Phi) is 6.31. The average molecular weight is 478 g/mol. The van der Waals surface area contributed by atoms with Gasteiger partial charge in [0.15, 0.2) is 0 Å². The number of H-pyrrole nitrogens is 1. The van der Waals surface area contributed by atoms with Crippen molar-refractivity contribution >= 4 is 23.3 Å². The summed E-state index contributed by atoms with van der Waals surface area (Å²) < 4.78 is 2.05. The van der Waals surface area contributed by atoms with Crippen molar-refractivity contribution in [3.63, 3.8) is 0 Å². The fourth-order valence-corrected chi connectivity index (χ4v) is 5.29. The van der Waals surface area contributed by atoms with Crippen molar-refractivity contribution in [2.24, 2.45) is 11.3 Å². The van der Waals surface area contributed by atoms with Gasteiger partial charge >= 0.3 is 6.03 Å². The van der Waals surface area contributed by atoms with Gasteiger partial charge in [-0.1, -0.05) is 20.8 Å². The minimum atomic E-state index is 0.0347. The third-order valence-electron chi connectivity index (χ3n) is 7.27. The minimum Gasteiger partial charge on any atom is -0.346 e. The Balaban J connectivity index is 1.22. The van der Waals surface area contributed by atoms with Gasteiger partial charge in [0.1, 0.15) is 12.0 Å². The van der Waals surface area contributed by atoms with Crippen LogP contribution in [0.1, 0.15) is 39.7 Å². The zero-order valence-electron chi connectivity index (χ0n) is 20.7. The highest BCUT2D eigenvalue weighted by molar-refractivity contribution is 5.90. The van der Waals surface area contributed by atoms with E-state index < -0.39 is 0 Å². The van der Waals surface area contributed by atoms with E-state index in [1.165, 1.54) is 6.21 Å². The molecule has 10 heteroatoms. The van der Waals surface area contributed by atoms with Crippen LogP contribution in [0.3, 0.4) is 0 Å². The number of piperazine rings is 1. The Morgan fingerprint density at radius 3 is 2.77 bits per heavy atom. The number of carbonyl (C=O) groups is 1. The van der Waals surface area contributed by atoms with Crippen molar-refractivity contribution in [2.45, 2.75) is 45.7 Å². The molecule has 4 heterocycles. The SMILES string of the molecule is CC(C)(C)CNC(=O)N1CCN(C2CC(n3cc(-c4ncnc5[nH]ccc45)cn3)C2CC=N)CC1. The highest BCUT2D eigenvalue weighted by atomic mass is 16.2. The molecule has 0 aromatic carbocycles. The lowest BCUT2D eigenvalue weighted by Gasteiger charge is -2.51. The lowest BCUT2D eigenvalue weighted by Crippen LogP contribution is -2.60. The van der Waals surface area contributed by atoms with E-state index in [9.17, 15) is 4.79 Å². The van der Waals surface area contributed by atoms with Crippen LogP contribution in [0.15, 0.2) is 31.0 Å². The maximum Gasteiger partial charge on any atom is 0.317 e. The van der Waals surface area contributed by atoms with Crippen LogP contribution in [0.4, 0.5) is 4.79 Å².